The minimum absolute atomic E-state index is 0.00768. The molecule has 20 heavy (non-hydrogen) atoms. The highest BCUT2D eigenvalue weighted by Gasteiger charge is 2.18. The van der Waals surface area contributed by atoms with Gasteiger partial charge in [0.1, 0.15) is 0 Å². The molecule has 1 amide bonds. The summed E-state index contributed by atoms with van der Waals surface area (Å²) in [4.78, 5) is 12.1. The van der Waals surface area contributed by atoms with E-state index in [2.05, 4.69) is 19.2 Å². The first-order valence-corrected chi connectivity index (χ1v) is 7.71. The molecule has 1 heterocycles. The molecule has 1 unspecified atom stereocenters. The molecule has 1 aliphatic rings. The smallest absolute Gasteiger partial charge is 0.251 e. The van der Waals surface area contributed by atoms with E-state index in [4.69, 9.17) is 16.3 Å². The highest BCUT2D eigenvalue weighted by Crippen LogP contribution is 2.21. The van der Waals surface area contributed by atoms with E-state index < -0.39 is 0 Å². The molecule has 0 spiro atoms. The van der Waals surface area contributed by atoms with Gasteiger partial charge in [0.25, 0.3) is 5.91 Å². The van der Waals surface area contributed by atoms with Gasteiger partial charge in [0.2, 0.25) is 0 Å². The Kier molecular flexibility index (Phi) is 5.44. The van der Waals surface area contributed by atoms with Gasteiger partial charge >= 0.3 is 0 Å². The van der Waals surface area contributed by atoms with Crippen LogP contribution in [-0.4, -0.2) is 17.8 Å². The number of fused-ring (bicyclic) bond motifs is 1. The summed E-state index contributed by atoms with van der Waals surface area (Å²) < 4.78 is 5.36. The fraction of sp³-hybridized carbons (Fsp3) is 0.562. The largest absolute Gasteiger partial charge is 0.372 e. The maximum absolute atomic E-state index is 12.1. The van der Waals surface area contributed by atoms with Crippen molar-refractivity contribution in [2.45, 2.75) is 45.3 Å². The number of alkyl halides is 1. The maximum Gasteiger partial charge on any atom is 0.251 e. The van der Waals surface area contributed by atoms with Gasteiger partial charge in [0, 0.05) is 12.1 Å². The van der Waals surface area contributed by atoms with Crippen LogP contribution in [0.5, 0.6) is 0 Å². The summed E-state index contributed by atoms with van der Waals surface area (Å²) in [5, 5.41) is 2.92. The predicted molar refractivity (Wildman–Crippen MR) is 81.0 cm³/mol. The van der Waals surface area contributed by atoms with Crippen molar-refractivity contribution in [3.63, 3.8) is 0 Å². The lowest BCUT2D eigenvalue weighted by atomic mass is 9.99. The molecular weight excluding hydrogens is 274 g/mol. The van der Waals surface area contributed by atoms with Crippen molar-refractivity contribution in [2.24, 2.45) is 5.92 Å². The zero-order valence-corrected chi connectivity index (χ0v) is 12.9. The summed E-state index contributed by atoms with van der Waals surface area (Å²) in [5.74, 6) is 0.390. The molecule has 1 atom stereocenters. The van der Waals surface area contributed by atoms with Crippen LogP contribution < -0.4 is 5.32 Å². The molecule has 1 aromatic carbocycles. The lowest BCUT2D eigenvalue weighted by molar-refractivity contribution is 0.0951. The summed E-state index contributed by atoms with van der Waals surface area (Å²) in [6, 6.07) is 5.73. The van der Waals surface area contributed by atoms with E-state index in [-0.39, 0.29) is 11.3 Å². The van der Waals surface area contributed by atoms with Crippen molar-refractivity contribution in [3.8, 4) is 0 Å². The first kappa shape index (κ1) is 15.3. The molecule has 2 rings (SSSR count). The van der Waals surface area contributed by atoms with Crippen molar-refractivity contribution < 1.29 is 9.53 Å². The average Bonchev–Trinajstić information content (AvgIpc) is 2.93. The van der Waals surface area contributed by atoms with E-state index in [1.807, 2.05) is 18.2 Å². The van der Waals surface area contributed by atoms with Crippen LogP contribution in [0, 0.1) is 5.92 Å². The van der Waals surface area contributed by atoms with Crippen molar-refractivity contribution >= 4 is 17.5 Å². The van der Waals surface area contributed by atoms with Gasteiger partial charge in [-0.05, 0) is 29.2 Å². The second kappa shape index (κ2) is 7.09. The van der Waals surface area contributed by atoms with Gasteiger partial charge in [-0.25, -0.2) is 0 Å². The molecule has 0 saturated heterocycles. The number of benzene rings is 1. The van der Waals surface area contributed by atoms with E-state index in [9.17, 15) is 4.79 Å². The molecular formula is C16H22ClNO2. The Labute approximate surface area is 125 Å². The van der Waals surface area contributed by atoms with Gasteiger partial charge in [-0.15, -0.1) is 11.6 Å². The SMILES string of the molecule is CCC(CC)C(Cl)CNC(=O)c1ccc2c(c1)COC2. The molecule has 0 aliphatic carbocycles. The molecule has 3 nitrogen and oxygen atoms in total. The van der Waals surface area contributed by atoms with Crippen LogP contribution in [0.1, 0.15) is 48.2 Å². The lowest BCUT2D eigenvalue weighted by Crippen LogP contribution is -2.33. The normalized spacial score (nSPS) is 15.2. The Morgan fingerprint density at radius 1 is 1.30 bits per heavy atom. The number of amides is 1. The van der Waals surface area contributed by atoms with Crippen molar-refractivity contribution in [1.82, 2.24) is 5.32 Å². The number of carbonyl (C=O) groups excluding carboxylic acids is 1. The minimum Gasteiger partial charge on any atom is -0.372 e. The fourth-order valence-corrected chi connectivity index (χ4v) is 3.01. The number of hydrogen-bond donors (Lipinski definition) is 1. The summed E-state index contributed by atoms with van der Waals surface area (Å²) in [6.07, 6.45) is 2.08. The van der Waals surface area contributed by atoms with Crippen LogP contribution in [-0.2, 0) is 18.0 Å². The maximum atomic E-state index is 12.1. The molecule has 0 fully saturated rings. The van der Waals surface area contributed by atoms with Gasteiger partial charge in [0.15, 0.2) is 0 Å². The first-order chi connectivity index (χ1) is 9.65. The topological polar surface area (TPSA) is 38.3 Å². The van der Waals surface area contributed by atoms with Gasteiger partial charge in [0.05, 0.1) is 18.6 Å². The molecule has 0 radical (unpaired) electrons. The third-order valence-corrected chi connectivity index (χ3v) is 4.51. The fourth-order valence-electron chi connectivity index (χ4n) is 2.57. The van der Waals surface area contributed by atoms with Crippen molar-refractivity contribution in [2.75, 3.05) is 6.54 Å². The third kappa shape index (κ3) is 3.53. The molecule has 1 aromatic rings. The molecule has 110 valence electrons. The van der Waals surface area contributed by atoms with Crippen LogP contribution in [0.2, 0.25) is 0 Å². The Hall–Kier alpha value is -1.06. The van der Waals surface area contributed by atoms with Gasteiger partial charge < -0.3 is 10.1 Å². The average molecular weight is 296 g/mol. The summed E-state index contributed by atoms with van der Waals surface area (Å²) in [5.41, 5.74) is 2.97. The standard InChI is InChI=1S/C16H22ClNO2/c1-3-11(4-2)15(17)8-18-16(19)12-5-6-13-9-20-10-14(13)7-12/h5-7,11,15H,3-4,8-10H2,1-2H3,(H,18,19). The van der Waals surface area contributed by atoms with E-state index >= 15 is 0 Å². The first-order valence-electron chi connectivity index (χ1n) is 7.27. The van der Waals surface area contributed by atoms with E-state index in [0.29, 0.717) is 31.2 Å². The summed E-state index contributed by atoms with van der Waals surface area (Å²) in [6.45, 7) is 6.02. The highest BCUT2D eigenvalue weighted by molar-refractivity contribution is 6.21. The monoisotopic (exact) mass is 295 g/mol. The summed E-state index contributed by atoms with van der Waals surface area (Å²) in [7, 11) is 0. The zero-order chi connectivity index (χ0) is 14.5. The minimum atomic E-state index is -0.0590. The Morgan fingerprint density at radius 2 is 2.00 bits per heavy atom. The zero-order valence-electron chi connectivity index (χ0n) is 12.1. The van der Waals surface area contributed by atoms with Crippen molar-refractivity contribution in [1.29, 1.82) is 0 Å². The van der Waals surface area contributed by atoms with Gasteiger partial charge in [-0.3, -0.25) is 4.79 Å². The van der Waals surface area contributed by atoms with E-state index in [0.717, 1.165) is 18.4 Å². The molecule has 1 N–H and O–H groups in total. The number of rotatable bonds is 6. The molecule has 0 aromatic heterocycles. The Balaban J connectivity index is 1.92. The van der Waals surface area contributed by atoms with Crippen LogP contribution in [0.4, 0.5) is 0 Å². The molecule has 4 heteroatoms. The van der Waals surface area contributed by atoms with Gasteiger partial charge in [-0.1, -0.05) is 32.8 Å². The molecule has 0 saturated carbocycles. The Bertz CT molecular complexity index is 472. The van der Waals surface area contributed by atoms with Crippen LogP contribution >= 0.6 is 11.6 Å². The van der Waals surface area contributed by atoms with Crippen LogP contribution in [0.25, 0.3) is 0 Å². The van der Waals surface area contributed by atoms with Crippen LogP contribution in [0.15, 0.2) is 18.2 Å². The second-order valence-electron chi connectivity index (χ2n) is 5.28. The van der Waals surface area contributed by atoms with E-state index in [1.54, 1.807) is 0 Å². The number of hydrogen-bond acceptors (Lipinski definition) is 2. The number of nitrogens with one attached hydrogen (secondary N) is 1. The number of halogens is 1. The number of carbonyl (C=O) groups is 1. The lowest BCUT2D eigenvalue weighted by Gasteiger charge is -2.19. The summed E-state index contributed by atoms with van der Waals surface area (Å²) >= 11 is 6.34. The third-order valence-electron chi connectivity index (χ3n) is 4.00. The molecule has 1 aliphatic heterocycles. The highest BCUT2D eigenvalue weighted by atomic mass is 35.5. The van der Waals surface area contributed by atoms with Crippen molar-refractivity contribution in [3.05, 3.63) is 34.9 Å². The van der Waals surface area contributed by atoms with Crippen LogP contribution in [0.3, 0.4) is 0 Å². The second-order valence-corrected chi connectivity index (χ2v) is 5.84. The molecule has 0 bridgehead atoms. The number of ether oxygens (including phenoxy) is 1. The van der Waals surface area contributed by atoms with Gasteiger partial charge in [-0.2, -0.15) is 0 Å². The van der Waals surface area contributed by atoms with E-state index in [1.165, 1.54) is 5.56 Å². The quantitative estimate of drug-likeness (QED) is 0.816. The predicted octanol–water partition coefficient (Wildman–Crippen LogP) is 3.49. The Morgan fingerprint density at radius 3 is 2.70 bits per heavy atom.